The van der Waals surface area contributed by atoms with Crippen molar-refractivity contribution in [2.45, 2.75) is 87.8 Å². The van der Waals surface area contributed by atoms with Gasteiger partial charge in [0.05, 0.1) is 30.9 Å². The molecule has 28 heavy (non-hydrogen) atoms. The molecule has 0 amide bonds. The Morgan fingerprint density at radius 2 is 1.93 bits per heavy atom. The first kappa shape index (κ1) is 19.0. The third kappa shape index (κ3) is 3.02. The molecule has 0 radical (unpaired) electrons. The minimum absolute atomic E-state index is 0.0339. The van der Waals surface area contributed by atoms with Gasteiger partial charge in [0.1, 0.15) is 5.57 Å². The van der Waals surface area contributed by atoms with Gasteiger partial charge in [-0.2, -0.15) is 12.6 Å². The minimum Gasteiger partial charge on any atom is -0.462 e. The molecule has 2 heterocycles. The van der Waals surface area contributed by atoms with E-state index in [0.29, 0.717) is 6.42 Å². The summed E-state index contributed by atoms with van der Waals surface area (Å²) in [5.41, 5.74) is 0.232. The van der Waals surface area contributed by atoms with Crippen LogP contribution in [0.2, 0.25) is 0 Å². The zero-order valence-corrected chi connectivity index (χ0v) is 17.5. The largest absolute Gasteiger partial charge is 0.462 e. The van der Waals surface area contributed by atoms with Crippen molar-refractivity contribution in [3.05, 3.63) is 11.8 Å². The van der Waals surface area contributed by atoms with E-state index in [4.69, 9.17) is 22.1 Å². The summed E-state index contributed by atoms with van der Waals surface area (Å²) >= 11 is 4.71. The van der Waals surface area contributed by atoms with Crippen LogP contribution in [0.1, 0.15) is 58.3 Å². The van der Waals surface area contributed by atoms with E-state index < -0.39 is 5.97 Å². The first-order valence-electron chi connectivity index (χ1n) is 11.1. The number of fused-ring (bicyclic) bond motifs is 3. The number of morpholine rings is 1. The Labute approximate surface area is 172 Å². The molecule has 0 N–H and O–H groups in total. The van der Waals surface area contributed by atoms with Crippen LogP contribution < -0.4 is 0 Å². The van der Waals surface area contributed by atoms with Gasteiger partial charge in [-0.15, -0.1) is 0 Å². The van der Waals surface area contributed by atoms with Gasteiger partial charge in [0.2, 0.25) is 0 Å². The van der Waals surface area contributed by atoms with E-state index in [-0.39, 0.29) is 53.4 Å². The van der Waals surface area contributed by atoms with Crippen LogP contribution in [0.25, 0.3) is 0 Å². The number of Topliss-reactive ketones (excluding diaryl/α,β-unsaturated/α-hetero) is 1. The van der Waals surface area contributed by atoms with Crippen molar-refractivity contribution in [3.63, 3.8) is 0 Å². The van der Waals surface area contributed by atoms with Gasteiger partial charge >= 0.3 is 5.97 Å². The number of carbonyl (C=O) groups is 2. The molecule has 4 fully saturated rings. The quantitative estimate of drug-likeness (QED) is 0.435. The highest BCUT2D eigenvalue weighted by molar-refractivity contribution is 7.80. The van der Waals surface area contributed by atoms with Crippen LogP contribution in [0, 0.1) is 17.8 Å². The summed E-state index contributed by atoms with van der Waals surface area (Å²) in [6.07, 6.45) is 11.2. The highest BCUT2D eigenvalue weighted by Crippen LogP contribution is 2.50. The average Bonchev–Trinajstić information content (AvgIpc) is 2.68. The molecule has 0 aromatic carbocycles. The van der Waals surface area contributed by atoms with Crippen LogP contribution in [0.3, 0.4) is 0 Å². The maximum atomic E-state index is 13.2. The van der Waals surface area contributed by atoms with E-state index in [1.807, 2.05) is 6.20 Å². The lowest BCUT2D eigenvalue weighted by Gasteiger charge is -2.59. The molecule has 8 unspecified atom stereocenters. The Morgan fingerprint density at radius 3 is 2.68 bits per heavy atom. The van der Waals surface area contributed by atoms with Crippen LogP contribution >= 0.6 is 12.6 Å². The van der Waals surface area contributed by atoms with Crippen molar-refractivity contribution < 1.29 is 19.1 Å². The molecule has 0 aromatic rings. The van der Waals surface area contributed by atoms with Crippen LogP contribution in [0.5, 0.6) is 0 Å². The first-order valence-corrected chi connectivity index (χ1v) is 11.6. The number of thiol groups is 1. The van der Waals surface area contributed by atoms with Crippen molar-refractivity contribution in [1.29, 1.82) is 0 Å². The zero-order chi connectivity index (χ0) is 19.4. The molecule has 8 atom stereocenters. The van der Waals surface area contributed by atoms with E-state index in [1.165, 1.54) is 25.7 Å². The summed E-state index contributed by atoms with van der Waals surface area (Å²) in [4.78, 5) is 28.0. The van der Waals surface area contributed by atoms with Gasteiger partial charge in [0, 0.05) is 17.4 Å². The molecular formula is C22H31NO4S. The average molecular weight is 406 g/mol. The standard InChI is InChI=1S/C22H31NO4S/c1-2-26-22(25)16-11-23-17-7-12-5-3-4-6-13(12)8-18(17)27-19-10-14(28)9-15(20(19)23)21(16)24/h11-15,17-20,28H,2-10H2,1H3. The van der Waals surface area contributed by atoms with E-state index in [1.54, 1.807) is 6.92 Å². The van der Waals surface area contributed by atoms with E-state index in [2.05, 4.69) is 4.90 Å². The number of hydrogen-bond donors (Lipinski definition) is 1. The SMILES string of the molecule is CCOC(=O)C1=CN2C3CC4CCCCC4CC3OC3CC(S)CC(C1=O)C32. The maximum absolute atomic E-state index is 13.2. The molecule has 1 saturated heterocycles. The Bertz CT molecular complexity index is 694. The van der Waals surface area contributed by atoms with Crippen molar-refractivity contribution in [1.82, 2.24) is 4.90 Å². The number of ether oxygens (including phenoxy) is 2. The van der Waals surface area contributed by atoms with Gasteiger partial charge in [-0.05, 0) is 44.4 Å². The third-order valence-electron chi connectivity index (χ3n) is 7.85. The van der Waals surface area contributed by atoms with Gasteiger partial charge in [0.25, 0.3) is 0 Å². The smallest absolute Gasteiger partial charge is 0.343 e. The van der Waals surface area contributed by atoms with Crippen LogP contribution in [-0.4, -0.2) is 52.8 Å². The summed E-state index contributed by atoms with van der Waals surface area (Å²) in [6.45, 7) is 2.07. The highest BCUT2D eigenvalue weighted by atomic mass is 32.1. The Hall–Kier alpha value is -1.01. The van der Waals surface area contributed by atoms with Crippen molar-refractivity contribution in [2.75, 3.05) is 6.61 Å². The summed E-state index contributed by atoms with van der Waals surface area (Å²) in [5, 5.41) is 0.140. The molecule has 0 bridgehead atoms. The van der Waals surface area contributed by atoms with Crippen molar-refractivity contribution in [3.8, 4) is 0 Å². The van der Waals surface area contributed by atoms with Crippen LogP contribution in [-0.2, 0) is 19.1 Å². The fourth-order valence-corrected chi connectivity index (χ4v) is 7.11. The summed E-state index contributed by atoms with van der Waals surface area (Å²) in [5.74, 6) is 0.773. The number of hydrogen-bond acceptors (Lipinski definition) is 6. The molecular weight excluding hydrogens is 374 g/mol. The lowest BCUT2D eigenvalue weighted by Crippen LogP contribution is -2.68. The number of carbonyl (C=O) groups excluding carboxylic acids is 2. The lowest BCUT2D eigenvalue weighted by atomic mass is 9.65. The Kier molecular flexibility index (Phi) is 4.98. The van der Waals surface area contributed by atoms with E-state index in [9.17, 15) is 9.59 Å². The monoisotopic (exact) mass is 405 g/mol. The third-order valence-corrected chi connectivity index (χ3v) is 8.27. The maximum Gasteiger partial charge on any atom is 0.343 e. The topological polar surface area (TPSA) is 55.8 Å². The molecule has 0 spiro atoms. The highest BCUT2D eigenvalue weighted by Gasteiger charge is 2.56. The summed E-state index contributed by atoms with van der Waals surface area (Å²) in [6, 6.07) is 0.326. The molecule has 3 saturated carbocycles. The second-order valence-corrected chi connectivity index (χ2v) is 10.1. The molecule has 5 aliphatic rings. The van der Waals surface area contributed by atoms with Gasteiger partial charge < -0.3 is 14.4 Å². The van der Waals surface area contributed by atoms with Crippen LogP contribution in [0.4, 0.5) is 0 Å². The number of esters is 1. The fraction of sp³-hybridized carbons (Fsp3) is 0.818. The van der Waals surface area contributed by atoms with Crippen molar-refractivity contribution >= 4 is 24.4 Å². The second-order valence-electron chi connectivity index (χ2n) is 9.35. The predicted octanol–water partition coefficient (Wildman–Crippen LogP) is 3.13. The summed E-state index contributed by atoms with van der Waals surface area (Å²) in [7, 11) is 0. The van der Waals surface area contributed by atoms with E-state index in [0.717, 1.165) is 31.1 Å². The molecule has 0 aromatic heterocycles. The van der Waals surface area contributed by atoms with Gasteiger partial charge in [-0.25, -0.2) is 4.79 Å². The molecule has 154 valence electrons. The molecule has 2 aliphatic heterocycles. The number of rotatable bonds is 2. The molecule has 5 nitrogen and oxygen atoms in total. The Balaban J connectivity index is 1.51. The molecule has 5 rings (SSSR count). The first-order chi connectivity index (χ1) is 13.6. The van der Waals surface area contributed by atoms with Gasteiger partial charge in [-0.3, -0.25) is 4.79 Å². The van der Waals surface area contributed by atoms with Gasteiger partial charge in [-0.1, -0.05) is 25.7 Å². The lowest BCUT2D eigenvalue weighted by molar-refractivity contribution is -0.192. The number of ketones is 1. The minimum atomic E-state index is -0.474. The fourth-order valence-electron chi connectivity index (χ4n) is 6.68. The van der Waals surface area contributed by atoms with Crippen LogP contribution in [0.15, 0.2) is 11.8 Å². The van der Waals surface area contributed by atoms with E-state index >= 15 is 0 Å². The molecule has 6 heteroatoms. The number of nitrogens with zero attached hydrogens (tertiary/aromatic N) is 1. The Morgan fingerprint density at radius 1 is 1.18 bits per heavy atom. The summed E-state index contributed by atoms with van der Waals surface area (Å²) < 4.78 is 11.9. The van der Waals surface area contributed by atoms with Gasteiger partial charge in [0.15, 0.2) is 5.78 Å². The normalized spacial score (nSPS) is 44.7. The van der Waals surface area contributed by atoms with Crippen molar-refractivity contribution in [2.24, 2.45) is 17.8 Å². The zero-order valence-electron chi connectivity index (χ0n) is 16.6. The predicted molar refractivity (Wildman–Crippen MR) is 108 cm³/mol. The second kappa shape index (κ2) is 7.35. The molecule has 3 aliphatic carbocycles.